The van der Waals surface area contributed by atoms with Crippen molar-refractivity contribution in [3.63, 3.8) is 0 Å². The van der Waals surface area contributed by atoms with Gasteiger partial charge in [-0.2, -0.15) is 0 Å². The van der Waals surface area contributed by atoms with Crippen LogP contribution in [0.1, 0.15) is 0 Å². The highest BCUT2D eigenvalue weighted by Crippen LogP contribution is 2.41. The van der Waals surface area contributed by atoms with Gasteiger partial charge in [-0.1, -0.05) is 109 Å². The molecule has 0 aliphatic heterocycles. The Bertz CT molecular complexity index is 1830. The molecule has 0 unspecified atom stereocenters. The van der Waals surface area contributed by atoms with E-state index in [1.54, 1.807) is 0 Å². The van der Waals surface area contributed by atoms with E-state index in [0.717, 1.165) is 17.1 Å². The summed E-state index contributed by atoms with van der Waals surface area (Å²) in [6.07, 6.45) is 0. The summed E-state index contributed by atoms with van der Waals surface area (Å²) in [7, 11) is 0. The van der Waals surface area contributed by atoms with Gasteiger partial charge in [0.15, 0.2) is 0 Å². The van der Waals surface area contributed by atoms with Crippen molar-refractivity contribution in [3.05, 3.63) is 152 Å². The van der Waals surface area contributed by atoms with Crippen molar-refractivity contribution in [2.24, 2.45) is 0 Å². The lowest BCUT2D eigenvalue weighted by atomic mass is 10.0. The molecule has 7 rings (SSSR count). The molecular formula is C36H25NS. The van der Waals surface area contributed by atoms with Crippen molar-refractivity contribution < 1.29 is 0 Å². The van der Waals surface area contributed by atoms with Crippen LogP contribution in [0.25, 0.3) is 42.4 Å². The Kier molecular flexibility index (Phi) is 5.73. The molecule has 1 nitrogen and oxygen atoms in total. The number of rotatable bonds is 5. The summed E-state index contributed by atoms with van der Waals surface area (Å²) in [5.41, 5.74) is 8.37. The highest BCUT2D eigenvalue weighted by atomic mass is 32.1. The molecule has 1 heterocycles. The second-order valence-electron chi connectivity index (χ2n) is 9.41. The maximum atomic E-state index is 2.32. The molecule has 0 saturated heterocycles. The molecule has 0 spiro atoms. The van der Waals surface area contributed by atoms with Gasteiger partial charge in [0, 0.05) is 37.2 Å². The number of anilines is 3. The van der Waals surface area contributed by atoms with Gasteiger partial charge in [-0.3, -0.25) is 0 Å². The summed E-state index contributed by atoms with van der Waals surface area (Å²) in [6, 6.07) is 54.3. The van der Waals surface area contributed by atoms with Crippen LogP contribution in [0.5, 0.6) is 0 Å². The molecule has 0 fully saturated rings. The van der Waals surface area contributed by atoms with Crippen LogP contribution in [0.4, 0.5) is 17.1 Å². The molecule has 0 radical (unpaired) electrons. The predicted molar refractivity (Wildman–Crippen MR) is 165 cm³/mol. The quantitative estimate of drug-likeness (QED) is 0.226. The summed E-state index contributed by atoms with van der Waals surface area (Å²) in [4.78, 5) is 2.32. The van der Waals surface area contributed by atoms with Crippen LogP contribution >= 0.6 is 11.3 Å². The van der Waals surface area contributed by atoms with Gasteiger partial charge in [-0.25, -0.2) is 0 Å². The molecule has 0 saturated carbocycles. The molecule has 2 heteroatoms. The number of fused-ring (bicyclic) bond motifs is 3. The van der Waals surface area contributed by atoms with Gasteiger partial charge >= 0.3 is 0 Å². The summed E-state index contributed by atoms with van der Waals surface area (Å²) < 4.78 is 2.68. The van der Waals surface area contributed by atoms with Crippen LogP contribution in [0.2, 0.25) is 0 Å². The van der Waals surface area contributed by atoms with Crippen molar-refractivity contribution in [1.82, 2.24) is 0 Å². The monoisotopic (exact) mass is 503 g/mol. The van der Waals surface area contributed by atoms with Crippen molar-refractivity contribution >= 4 is 48.6 Å². The van der Waals surface area contributed by atoms with Crippen LogP contribution in [-0.2, 0) is 0 Å². The second kappa shape index (κ2) is 9.66. The minimum atomic E-state index is 1.13. The molecule has 0 atom stereocenters. The van der Waals surface area contributed by atoms with Crippen molar-refractivity contribution in [2.75, 3.05) is 4.90 Å². The summed E-state index contributed by atoms with van der Waals surface area (Å²) in [5.74, 6) is 0. The smallest absolute Gasteiger partial charge is 0.0462 e. The Morgan fingerprint density at radius 1 is 0.368 bits per heavy atom. The molecule has 1 aromatic heterocycles. The van der Waals surface area contributed by atoms with Crippen molar-refractivity contribution in [3.8, 4) is 22.3 Å². The highest BCUT2D eigenvalue weighted by Gasteiger charge is 2.14. The maximum absolute atomic E-state index is 2.32. The average molecular weight is 504 g/mol. The Hall–Kier alpha value is -4.66. The van der Waals surface area contributed by atoms with Crippen LogP contribution in [0.15, 0.2) is 152 Å². The summed E-state index contributed by atoms with van der Waals surface area (Å²) >= 11 is 1.88. The van der Waals surface area contributed by atoms with E-state index in [1.165, 1.54) is 42.4 Å². The zero-order valence-corrected chi connectivity index (χ0v) is 21.6. The predicted octanol–water partition coefficient (Wildman–Crippen LogP) is 10.9. The fourth-order valence-electron chi connectivity index (χ4n) is 5.22. The second-order valence-corrected chi connectivity index (χ2v) is 10.5. The van der Waals surface area contributed by atoms with Crippen LogP contribution in [0.3, 0.4) is 0 Å². The first-order valence-corrected chi connectivity index (χ1v) is 13.7. The van der Waals surface area contributed by atoms with Gasteiger partial charge in [-0.05, 0) is 64.7 Å². The van der Waals surface area contributed by atoms with Crippen LogP contribution in [-0.4, -0.2) is 0 Å². The van der Waals surface area contributed by atoms with E-state index < -0.39 is 0 Å². The Balaban J connectivity index is 1.29. The molecule has 0 bridgehead atoms. The number of para-hydroxylation sites is 1. The first kappa shape index (κ1) is 22.5. The third-order valence-electron chi connectivity index (χ3n) is 7.09. The van der Waals surface area contributed by atoms with Gasteiger partial charge < -0.3 is 4.90 Å². The van der Waals surface area contributed by atoms with Gasteiger partial charge in [-0.15, -0.1) is 11.3 Å². The van der Waals surface area contributed by atoms with E-state index in [0.29, 0.717) is 0 Å². The fraction of sp³-hybridized carbons (Fsp3) is 0. The fourth-order valence-corrected chi connectivity index (χ4v) is 6.46. The molecule has 6 aromatic carbocycles. The van der Waals surface area contributed by atoms with E-state index in [9.17, 15) is 0 Å². The first-order valence-electron chi connectivity index (χ1n) is 12.9. The van der Waals surface area contributed by atoms with Crippen molar-refractivity contribution in [1.29, 1.82) is 0 Å². The molecule has 180 valence electrons. The molecule has 0 aliphatic carbocycles. The lowest BCUT2D eigenvalue weighted by Crippen LogP contribution is -2.09. The van der Waals surface area contributed by atoms with Gasteiger partial charge in [0.05, 0.1) is 0 Å². The molecule has 7 aromatic rings. The van der Waals surface area contributed by atoms with Gasteiger partial charge in [0.1, 0.15) is 0 Å². The lowest BCUT2D eigenvalue weighted by Gasteiger charge is -2.26. The topological polar surface area (TPSA) is 3.24 Å². The molecule has 0 aliphatic rings. The number of benzene rings is 6. The summed E-state index contributed by atoms with van der Waals surface area (Å²) in [5, 5.41) is 2.66. The molecular weight excluding hydrogens is 478 g/mol. The Morgan fingerprint density at radius 2 is 0.895 bits per heavy atom. The van der Waals surface area contributed by atoms with Gasteiger partial charge in [0.2, 0.25) is 0 Å². The maximum Gasteiger partial charge on any atom is 0.0462 e. The standard InChI is InChI=1S/C36H25NS/c1-3-10-26(11-4-1)27-18-22-30(23-19-27)37(29-12-5-2-6-13-29)31-24-20-28(21-25-31)32-15-9-16-34-33-14-7-8-17-35(33)38-36(32)34/h1-25H. The van der Waals surface area contributed by atoms with Crippen molar-refractivity contribution in [2.45, 2.75) is 0 Å². The third kappa shape index (κ3) is 4.06. The van der Waals surface area contributed by atoms with E-state index in [2.05, 4.69) is 157 Å². The molecule has 0 amide bonds. The molecule has 0 N–H and O–H groups in total. The van der Waals surface area contributed by atoms with Gasteiger partial charge in [0.25, 0.3) is 0 Å². The van der Waals surface area contributed by atoms with E-state index in [-0.39, 0.29) is 0 Å². The zero-order chi connectivity index (χ0) is 25.3. The minimum absolute atomic E-state index is 1.13. The number of thiophene rings is 1. The number of nitrogens with zero attached hydrogens (tertiary/aromatic N) is 1. The van der Waals surface area contributed by atoms with E-state index >= 15 is 0 Å². The lowest BCUT2D eigenvalue weighted by molar-refractivity contribution is 1.28. The highest BCUT2D eigenvalue weighted by molar-refractivity contribution is 7.26. The minimum Gasteiger partial charge on any atom is -0.311 e. The van der Waals surface area contributed by atoms with Crippen LogP contribution < -0.4 is 4.90 Å². The Morgan fingerprint density at radius 3 is 1.61 bits per heavy atom. The third-order valence-corrected chi connectivity index (χ3v) is 8.31. The van der Waals surface area contributed by atoms with E-state index in [1.807, 2.05) is 11.3 Å². The Labute approximate surface area is 226 Å². The normalized spacial score (nSPS) is 11.2. The zero-order valence-electron chi connectivity index (χ0n) is 20.8. The van der Waals surface area contributed by atoms with E-state index in [4.69, 9.17) is 0 Å². The average Bonchev–Trinajstić information content (AvgIpc) is 3.38. The first-order chi connectivity index (χ1) is 18.8. The molecule has 38 heavy (non-hydrogen) atoms. The van der Waals surface area contributed by atoms with Crippen LogP contribution in [0, 0.1) is 0 Å². The number of hydrogen-bond acceptors (Lipinski definition) is 2. The number of hydrogen-bond donors (Lipinski definition) is 0. The SMILES string of the molecule is c1ccc(-c2ccc(N(c3ccccc3)c3ccc(-c4cccc5c4sc4ccccc45)cc3)cc2)cc1. The summed E-state index contributed by atoms with van der Waals surface area (Å²) in [6.45, 7) is 0. The largest absolute Gasteiger partial charge is 0.311 e.